The van der Waals surface area contributed by atoms with E-state index in [1.807, 2.05) is 0 Å². The number of aromatic nitrogens is 2. The second kappa shape index (κ2) is 8.90. The van der Waals surface area contributed by atoms with Crippen molar-refractivity contribution in [2.24, 2.45) is 5.14 Å². The molecule has 0 saturated heterocycles. The van der Waals surface area contributed by atoms with Gasteiger partial charge < -0.3 is 10.6 Å². The van der Waals surface area contributed by atoms with Crippen LogP contribution in [0.1, 0.15) is 25.7 Å². The summed E-state index contributed by atoms with van der Waals surface area (Å²) in [5.74, 6) is -0.781. The molecule has 1 aromatic carbocycles. The van der Waals surface area contributed by atoms with Gasteiger partial charge in [0.15, 0.2) is 0 Å². The molecule has 0 unspecified atom stereocenters. The number of hydrogen-bond acceptors (Lipinski definition) is 7. The van der Waals surface area contributed by atoms with Gasteiger partial charge >= 0.3 is 0 Å². The number of rotatable bonds is 7. The Morgan fingerprint density at radius 1 is 1.07 bits per heavy atom. The fourth-order valence-corrected chi connectivity index (χ4v) is 3.71. The topological polar surface area (TPSA) is 144 Å². The summed E-state index contributed by atoms with van der Waals surface area (Å²) in [4.78, 5) is 32.8. The predicted molar refractivity (Wildman–Crippen MR) is 108 cm³/mol. The first-order chi connectivity index (χ1) is 13.8. The third-order valence-corrected chi connectivity index (χ3v) is 5.71. The van der Waals surface area contributed by atoms with Crippen LogP contribution in [0.25, 0.3) is 0 Å². The van der Waals surface area contributed by atoms with E-state index in [0.717, 1.165) is 5.56 Å². The van der Waals surface area contributed by atoms with Crippen molar-refractivity contribution in [2.75, 3.05) is 11.9 Å². The maximum atomic E-state index is 12.4. The largest absolute Gasteiger partial charge is 0.351 e. The Morgan fingerprint density at radius 2 is 1.83 bits per heavy atom. The Labute approximate surface area is 171 Å². The molecule has 0 aliphatic heterocycles. The number of nitrogens with zero attached hydrogens (tertiary/aromatic N) is 2. The van der Waals surface area contributed by atoms with E-state index in [-0.39, 0.29) is 16.5 Å². The standard InChI is InChI=1S/C18H17N5O4S2/c19-29(26,27)13-3-1-12(2-4-13)5-7-22-18(25)16-14(6-10-28-16)23-17(24)15-11-20-8-9-21-15/h1-4,6,8-11H,5,7H2,(H,22,25)(H,23,24)(H2,19,26,27). The molecule has 3 rings (SSSR count). The minimum absolute atomic E-state index is 0.0346. The first kappa shape index (κ1) is 20.6. The van der Waals surface area contributed by atoms with Crippen molar-refractivity contribution in [3.05, 3.63) is 70.4 Å². The highest BCUT2D eigenvalue weighted by Gasteiger charge is 2.16. The highest BCUT2D eigenvalue weighted by Crippen LogP contribution is 2.22. The minimum Gasteiger partial charge on any atom is -0.351 e. The second-order valence-electron chi connectivity index (χ2n) is 5.90. The van der Waals surface area contributed by atoms with Crippen LogP contribution in [0.15, 0.2) is 59.2 Å². The average molecular weight is 431 g/mol. The van der Waals surface area contributed by atoms with Crippen molar-refractivity contribution in [2.45, 2.75) is 11.3 Å². The highest BCUT2D eigenvalue weighted by atomic mass is 32.2. The van der Waals surface area contributed by atoms with Crippen molar-refractivity contribution in [3.63, 3.8) is 0 Å². The van der Waals surface area contributed by atoms with E-state index >= 15 is 0 Å². The summed E-state index contributed by atoms with van der Waals surface area (Å²) in [7, 11) is -3.73. The van der Waals surface area contributed by atoms with Gasteiger partial charge in [0.2, 0.25) is 10.0 Å². The van der Waals surface area contributed by atoms with Crippen molar-refractivity contribution in [1.29, 1.82) is 0 Å². The van der Waals surface area contributed by atoms with Crippen LogP contribution in [-0.2, 0) is 16.4 Å². The van der Waals surface area contributed by atoms with Crippen molar-refractivity contribution in [1.82, 2.24) is 15.3 Å². The molecular formula is C18H17N5O4S2. The lowest BCUT2D eigenvalue weighted by Gasteiger charge is -2.08. The fourth-order valence-electron chi connectivity index (χ4n) is 2.43. The molecule has 11 heteroatoms. The number of nitrogens with one attached hydrogen (secondary N) is 2. The van der Waals surface area contributed by atoms with Gasteiger partial charge in [0.25, 0.3) is 11.8 Å². The molecule has 0 aliphatic carbocycles. The number of sulfonamides is 1. The number of primary sulfonamides is 1. The van der Waals surface area contributed by atoms with Crippen LogP contribution in [0.2, 0.25) is 0 Å². The van der Waals surface area contributed by atoms with Gasteiger partial charge in [-0.2, -0.15) is 0 Å². The van der Waals surface area contributed by atoms with Gasteiger partial charge in [0, 0.05) is 18.9 Å². The highest BCUT2D eigenvalue weighted by molar-refractivity contribution is 7.89. The number of carbonyl (C=O) groups excluding carboxylic acids is 2. The molecule has 2 heterocycles. The maximum Gasteiger partial charge on any atom is 0.275 e. The fraction of sp³-hybridized carbons (Fsp3) is 0.111. The number of hydrogen-bond donors (Lipinski definition) is 3. The molecule has 0 radical (unpaired) electrons. The molecule has 0 saturated carbocycles. The van der Waals surface area contributed by atoms with E-state index in [4.69, 9.17) is 5.14 Å². The lowest BCUT2D eigenvalue weighted by molar-refractivity contribution is 0.0959. The van der Waals surface area contributed by atoms with Crippen LogP contribution in [0.3, 0.4) is 0 Å². The summed E-state index contributed by atoms with van der Waals surface area (Å²) in [5.41, 5.74) is 1.38. The third-order valence-electron chi connectivity index (χ3n) is 3.87. The molecular weight excluding hydrogens is 414 g/mol. The van der Waals surface area contributed by atoms with E-state index < -0.39 is 15.9 Å². The van der Waals surface area contributed by atoms with Crippen molar-refractivity contribution < 1.29 is 18.0 Å². The Hall–Kier alpha value is -3.15. The monoisotopic (exact) mass is 431 g/mol. The summed E-state index contributed by atoms with van der Waals surface area (Å²) in [5, 5.41) is 12.2. The molecule has 9 nitrogen and oxygen atoms in total. The van der Waals surface area contributed by atoms with Gasteiger partial charge in [-0.3, -0.25) is 14.6 Å². The molecule has 0 spiro atoms. The molecule has 0 atom stereocenters. The molecule has 4 N–H and O–H groups in total. The second-order valence-corrected chi connectivity index (χ2v) is 8.38. The van der Waals surface area contributed by atoms with E-state index in [1.165, 1.54) is 42.1 Å². The first-order valence-electron chi connectivity index (χ1n) is 8.39. The summed E-state index contributed by atoms with van der Waals surface area (Å²) in [6, 6.07) is 7.77. The SMILES string of the molecule is NS(=O)(=O)c1ccc(CCNC(=O)c2sccc2NC(=O)c2cnccn2)cc1. The van der Waals surface area contributed by atoms with Crippen LogP contribution < -0.4 is 15.8 Å². The zero-order chi connectivity index (χ0) is 20.9. The van der Waals surface area contributed by atoms with Gasteiger partial charge in [-0.15, -0.1) is 11.3 Å². The molecule has 0 fully saturated rings. The number of benzene rings is 1. The van der Waals surface area contributed by atoms with Crippen LogP contribution in [0, 0.1) is 0 Å². The van der Waals surface area contributed by atoms with Gasteiger partial charge in [-0.05, 0) is 35.6 Å². The number of nitrogens with two attached hydrogens (primary N) is 1. The lowest BCUT2D eigenvalue weighted by atomic mass is 10.1. The first-order valence-corrected chi connectivity index (χ1v) is 10.8. The Balaban J connectivity index is 1.57. The van der Waals surface area contributed by atoms with Crippen molar-refractivity contribution in [3.8, 4) is 0 Å². The summed E-state index contributed by atoms with van der Waals surface area (Å²) in [6.07, 6.45) is 4.71. The van der Waals surface area contributed by atoms with Crippen molar-refractivity contribution >= 4 is 38.9 Å². The molecule has 0 bridgehead atoms. The van der Waals surface area contributed by atoms with E-state index in [1.54, 1.807) is 23.6 Å². The van der Waals surface area contributed by atoms with Gasteiger partial charge in [0.05, 0.1) is 16.8 Å². The van der Waals surface area contributed by atoms with Gasteiger partial charge in [-0.1, -0.05) is 12.1 Å². The Morgan fingerprint density at radius 3 is 2.48 bits per heavy atom. The molecule has 2 amide bonds. The summed E-state index contributed by atoms with van der Waals surface area (Å²) < 4.78 is 22.5. The van der Waals surface area contributed by atoms with Crippen LogP contribution in [-0.4, -0.2) is 36.7 Å². The van der Waals surface area contributed by atoms with Gasteiger partial charge in [-0.25, -0.2) is 18.5 Å². The smallest absolute Gasteiger partial charge is 0.275 e. The van der Waals surface area contributed by atoms with E-state index in [0.29, 0.717) is 23.5 Å². The molecule has 0 aliphatic rings. The normalized spacial score (nSPS) is 11.1. The van der Waals surface area contributed by atoms with Crippen LogP contribution in [0.4, 0.5) is 5.69 Å². The van der Waals surface area contributed by atoms with Crippen LogP contribution >= 0.6 is 11.3 Å². The number of anilines is 1. The zero-order valence-electron chi connectivity index (χ0n) is 15.0. The number of thiophene rings is 1. The van der Waals surface area contributed by atoms with Crippen LogP contribution in [0.5, 0.6) is 0 Å². The molecule has 150 valence electrons. The lowest BCUT2D eigenvalue weighted by Crippen LogP contribution is -2.26. The predicted octanol–water partition coefficient (Wildman–Crippen LogP) is 1.41. The zero-order valence-corrected chi connectivity index (χ0v) is 16.7. The summed E-state index contributed by atoms with van der Waals surface area (Å²) >= 11 is 1.20. The molecule has 2 aromatic heterocycles. The number of carbonyl (C=O) groups is 2. The Bertz CT molecular complexity index is 1110. The Kier molecular flexibility index (Phi) is 6.32. The quantitative estimate of drug-likeness (QED) is 0.516. The maximum absolute atomic E-state index is 12.4. The molecule has 29 heavy (non-hydrogen) atoms. The summed E-state index contributed by atoms with van der Waals surface area (Å²) in [6.45, 7) is 0.336. The van der Waals surface area contributed by atoms with E-state index in [2.05, 4.69) is 20.6 Å². The average Bonchev–Trinajstić information content (AvgIpc) is 3.16. The van der Waals surface area contributed by atoms with Gasteiger partial charge in [0.1, 0.15) is 10.6 Å². The van der Waals surface area contributed by atoms with E-state index in [9.17, 15) is 18.0 Å². The minimum atomic E-state index is -3.73. The third kappa shape index (κ3) is 5.44. The molecule has 3 aromatic rings. The number of amides is 2.